The molecule has 7 heteroatoms. The Balaban J connectivity index is 1.21. The lowest BCUT2D eigenvalue weighted by Gasteiger charge is -2.10. The SMILES string of the molecule is Cn1c(=O)ccc2cc(OCCCNCCn3ccc4ccoc4c3=O)ccc21. The molecule has 0 saturated carbocycles. The summed E-state index contributed by atoms with van der Waals surface area (Å²) in [6.07, 6.45) is 4.17. The molecule has 1 aromatic carbocycles. The summed E-state index contributed by atoms with van der Waals surface area (Å²) in [6.45, 7) is 2.65. The van der Waals surface area contributed by atoms with Gasteiger partial charge in [0.2, 0.25) is 0 Å². The number of furan rings is 1. The fourth-order valence-corrected chi connectivity index (χ4v) is 3.33. The molecule has 0 aliphatic carbocycles. The summed E-state index contributed by atoms with van der Waals surface area (Å²) in [4.78, 5) is 23.9. The third-order valence-electron chi connectivity index (χ3n) is 4.98. The normalized spacial score (nSPS) is 11.3. The van der Waals surface area contributed by atoms with E-state index in [-0.39, 0.29) is 11.1 Å². The molecule has 0 aliphatic heterocycles. The summed E-state index contributed by atoms with van der Waals surface area (Å²) in [7, 11) is 1.76. The lowest BCUT2D eigenvalue weighted by Crippen LogP contribution is -2.27. The maximum Gasteiger partial charge on any atom is 0.294 e. The van der Waals surface area contributed by atoms with E-state index in [0.29, 0.717) is 25.3 Å². The number of hydrogen-bond donors (Lipinski definition) is 1. The van der Waals surface area contributed by atoms with Gasteiger partial charge in [-0.3, -0.25) is 9.59 Å². The van der Waals surface area contributed by atoms with Gasteiger partial charge in [0.1, 0.15) is 5.75 Å². The number of hydrogen-bond acceptors (Lipinski definition) is 5. The summed E-state index contributed by atoms with van der Waals surface area (Å²) >= 11 is 0. The highest BCUT2D eigenvalue weighted by Gasteiger charge is 2.05. The van der Waals surface area contributed by atoms with Crippen LogP contribution in [0.5, 0.6) is 5.75 Å². The van der Waals surface area contributed by atoms with Crippen LogP contribution >= 0.6 is 0 Å². The second kappa shape index (κ2) is 8.36. The van der Waals surface area contributed by atoms with Gasteiger partial charge in [-0.05, 0) is 49.4 Å². The van der Waals surface area contributed by atoms with E-state index in [2.05, 4.69) is 5.32 Å². The molecule has 0 atom stereocenters. The van der Waals surface area contributed by atoms with Crippen LogP contribution in [0.2, 0.25) is 0 Å². The predicted octanol–water partition coefficient (Wildman–Crippen LogP) is 2.51. The van der Waals surface area contributed by atoms with E-state index in [1.54, 1.807) is 34.5 Å². The number of nitrogens with one attached hydrogen (secondary N) is 1. The number of ether oxygens (including phenoxy) is 1. The Hall–Kier alpha value is -3.32. The first-order valence-corrected chi connectivity index (χ1v) is 9.63. The Kier molecular flexibility index (Phi) is 5.48. The molecule has 1 N–H and O–H groups in total. The highest BCUT2D eigenvalue weighted by molar-refractivity contribution is 5.80. The van der Waals surface area contributed by atoms with Gasteiger partial charge in [-0.1, -0.05) is 0 Å². The maximum atomic E-state index is 12.2. The minimum Gasteiger partial charge on any atom is -0.494 e. The predicted molar refractivity (Wildman–Crippen MR) is 113 cm³/mol. The summed E-state index contributed by atoms with van der Waals surface area (Å²) in [5.74, 6) is 0.787. The first-order chi connectivity index (χ1) is 14.1. The fraction of sp³-hybridized carbons (Fsp3) is 0.273. The van der Waals surface area contributed by atoms with E-state index in [4.69, 9.17) is 9.15 Å². The Morgan fingerprint density at radius 1 is 1.03 bits per heavy atom. The van der Waals surface area contributed by atoms with Crippen LogP contribution < -0.4 is 21.2 Å². The molecule has 7 nitrogen and oxygen atoms in total. The van der Waals surface area contributed by atoms with Crippen LogP contribution in [0.3, 0.4) is 0 Å². The summed E-state index contributed by atoms with van der Waals surface area (Å²) < 4.78 is 14.3. The van der Waals surface area contributed by atoms with Gasteiger partial charge in [0.05, 0.1) is 18.4 Å². The van der Waals surface area contributed by atoms with Crippen molar-refractivity contribution in [1.29, 1.82) is 0 Å². The number of nitrogens with zero attached hydrogens (tertiary/aromatic N) is 2. The molecule has 0 radical (unpaired) electrons. The molecule has 29 heavy (non-hydrogen) atoms. The summed E-state index contributed by atoms with van der Waals surface area (Å²) in [6, 6.07) is 12.8. The molecule has 0 spiro atoms. The number of aromatic nitrogens is 2. The van der Waals surface area contributed by atoms with Gasteiger partial charge >= 0.3 is 0 Å². The molecule has 0 saturated heterocycles. The van der Waals surface area contributed by atoms with Crippen LogP contribution in [0.1, 0.15) is 6.42 Å². The van der Waals surface area contributed by atoms with Crippen LogP contribution in [0.25, 0.3) is 21.9 Å². The molecule has 0 amide bonds. The van der Waals surface area contributed by atoms with E-state index in [0.717, 1.165) is 35.0 Å². The quantitative estimate of drug-likeness (QED) is 0.466. The van der Waals surface area contributed by atoms with Crippen molar-refractivity contribution in [2.45, 2.75) is 13.0 Å². The zero-order chi connectivity index (χ0) is 20.2. The second-order valence-electron chi connectivity index (χ2n) is 6.92. The van der Waals surface area contributed by atoms with Crippen molar-refractivity contribution < 1.29 is 9.15 Å². The van der Waals surface area contributed by atoms with Gasteiger partial charge in [-0.25, -0.2) is 0 Å². The number of fused-ring (bicyclic) bond motifs is 2. The Morgan fingerprint density at radius 2 is 1.93 bits per heavy atom. The number of aryl methyl sites for hydroxylation is 1. The highest BCUT2D eigenvalue weighted by Crippen LogP contribution is 2.19. The van der Waals surface area contributed by atoms with Crippen LogP contribution in [0.15, 0.2) is 68.9 Å². The zero-order valence-corrected chi connectivity index (χ0v) is 16.3. The first kappa shape index (κ1) is 19.0. The lowest BCUT2D eigenvalue weighted by atomic mass is 10.2. The molecule has 3 aromatic heterocycles. The van der Waals surface area contributed by atoms with E-state index in [1.165, 1.54) is 6.26 Å². The average molecular weight is 393 g/mol. The van der Waals surface area contributed by atoms with Gasteiger partial charge in [0.25, 0.3) is 11.1 Å². The van der Waals surface area contributed by atoms with Gasteiger partial charge in [0.15, 0.2) is 5.58 Å². The lowest BCUT2D eigenvalue weighted by molar-refractivity contribution is 0.308. The van der Waals surface area contributed by atoms with Crippen molar-refractivity contribution in [3.63, 3.8) is 0 Å². The van der Waals surface area contributed by atoms with Crippen LogP contribution in [0.4, 0.5) is 0 Å². The van der Waals surface area contributed by atoms with Crippen molar-refractivity contribution >= 4 is 21.9 Å². The Labute approximate surface area is 167 Å². The van der Waals surface area contributed by atoms with Gasteiger partial charge in [-0.2, -0.15) is 0 Å². The molecule has 0 aliphatic rings. The van der Waals surface area contributed by atoms with Gasteiger partial charge in [0, 0.05) is 43.2 Å². The molecular weight excluding hydrogens is 370 g/mol. The van der Waals surface area contributed by atoms with Gasteiger partial charge in [-0.15, -0.1) is 0 Å². The van der Waals surface area contributed by atoms with Crippen molar-refractivity contribution in [3.05, 3.63) is 75.6 Å². The molecule has 150 valence electrons. The molecule has 0 unspecified atom stereocenters. The molecular formula is C22H23N3O4. The largest absolute Gasteiger partial charge is 0.494 e. The Morgan fingerprint density at radius 3 is 2.83 bits per heavy atom. The second-order valence-corrected chi connectivity index (χ2v) is 6.92. The van der Waals surface area contributed by atoms with Crippen LogP contribution in [0, 0.1) is 0 Å². The monoisotopic (exact) mass is 393 g/mol. The average Bonchev–Trinajstić information content (AvgIpc) is 3.21. The van der Waals surface area contributed by atoms with E-state index in [1.807, 2.05) is 30.3 Å². The van der Waals surface area contributed by atoms with Gasteiger partial charge < -0.3 is 23.6 Å². The molecule has 4 aromatic rings. The third-order valence-corrected chi connectivity index (χ3v) is 4.98. The van der Waals surface area contributed by atoms with Crippen molar-refractivity contribution in [2.24, 2.45) is 7.05 Å². The fourth-order valence-electron chi connectivity index (χ4n) is 3.33. The van der Waals surface area contributed by atoms with Crippen LogP contribution in [-0.4, -0.2) is 28.8 Å². The number of rotatable bonds is 8. The summed E-state index contributed by atoms with van der Waals surface area (Å²) in [5.41, 5.74) is 1.15. The maximum absolute atomic E-state index is 12.2. The minimum atomic E-state index is -0.105. The van der Waals surface area contributed by atoms with Crippen LogP contribution in [-0.2, 0) is 13.6 Å². The van der Waals surface area contributed by atoms with Crippen molar-refractivity contribution in [3.8, 4) is 5.75 Å². The molecule has 3 heterocycles. The topological polar surface area (TPSA) is 78.4 Å². The number of benzene rings is 1. The number of pyridine rings is 2. The van der Waals surface area contributed by atoms with E-state index in [9.17, 15) is 9.59 Å². The molecule has 4 rings (SSSR count). The first-order valence-electron chi connectivity index (χ1n) is 9.63. The van der Waals surface area contributed by atoms with E-state index >= 15 is 0 Å². The minimum absolute atomic E-state index is 0.0245. The van der Waals surface area contributed by atoms with E-state index < -0.39 is 0 Å². The van der Waals surface area contributed by atoms with Crippen molar-refractivity contribution in [1.82, 2.24) is 14.5 Å². The van der Waals surface area contributed by atoms with Crippen molar-refractivity contribution in [2.75, 3.05) is 19.7 Å². The molecule has 0 fully saturated rings. The molecule has 0 bridgehead atoms. The standard InChI is InChI=1S/C22H23N3O4/c1-24-19-5-4-18(15-17(19)3-6-20(24)26)28-13-2-9-23-10-12-25-11-7-16-8-14-29-21(16)22(25)27/h3-8,11,14-15,23H,2,9-10,12-13H2,1H3. The zero-order valence-electron chi connectivity index (χ0n) is 16.3. The smallest absolute Gasteiger partial charge is 0.294 e. The third kappa shape index (κ3) is 4.09. The Bertz CT molecular complexity index is 1250. The summed E-state index contributed by atoms with van der Waals surface area (Å²) in [5, 5.41) is 5.12. The highest BCUT2D eigenvalue weighted by atomic mass is 16.5.